The Morgan fingerprint density at radius 3 is 2.16 bits per heavy atom. The Kier molecular flexibility index (Phi) is 5.58. The van der Waals surface area contributed by atoms with Crippen molar-refractivity contribution in [1.29, 1.82) is 0 Å². The molecule has 1 aromatic heterocycles. The number of carbonyl (C=O) groups is 1. The van der Waals surface area contributed by atoms with Crippen molar-refractivity contribution in [2.24, 2.45) is 0 Å². The van der Waals surface area contributed by atoms with Crippen LogP contribution in [0.25, 0.3) is 21.7 Å². The van der Waals surface area contributed by atoms with Gasteiger partial charge in [0.2, 0.25) is 0 Å². The number of ketones is 1. The lowest BCUT2D eigenvalue weighted by atomic mass is 10.00. The monoisotopic (exact) mass is 421 g/mol. The molecule has 32 heavy (non-hydrogen) atoms. The van der Waals surface area contributed by atoms with Crippen molar-refractivity contribution in [1.82, 2.24) is 4.98 Å². The molecule has 5 aromatic rings. The van der Waals surface area contributed by atoms with Gasteiger partial charge in [-0.2, -0.15) is 0 Å². The van der Waals surface area contributed by atoms with Gasteiger partial charge < -0.3 is 14.5 Å². The van der Waals surface area contributed by atoms with Crippen LogP contribution in [-0.4, -0.2) is 24.0 Å². The van der Waals surface area contributed by atoms with Crippen molar-refractivity contribution in [2.75, 3.05) is 13.2 Å². The van der Waals surface area contributed by atoms with Gasteiger partial charge in [0.05, 0.1) is 13.2 Å². The average Bonchev–Trinajstić information content (AvgIpc) is 3.31. The molecule has 0 aliphatic rings. The van der Waals surface area contributed by atoms with Crippen LogP contribution >= 0.6 is 0 Å². The average molecular weight is 421 g/mol. The summed E-state index contributed by atoms with van der Waals surface area (Å²) in [5.41, 5.74) is 2.46. The number of hydrogen-bond acceptors (Lipinski definition) is 3. The number of H-pyrrole nitrogens is 1. The Morgan fingerprint density at radius 2 is 1.34 bits per heavy atom. The van der Waals surface area contributed by atoms with Crippen LogP contribution in [0.5, 0.6) is 11.5 Å². The fourth-order valence-electron chi connectivity index (χ4n) is 3.77. The standard InChI is InChI=1S/C28H23NO3/c30-28(21-5-2-1-3-6-21)24-8-7-23-18-25(12-10-22(23)17-24)31-15-4-16-32-26-11-9-20-13-14-29-27(20)19-26/h1-3,5-14,17-19,29H,4,15-16H2. The molecule has 0 saturated carbocycles. The lowest BCUT2D eigenvalue weighted by Crippen LogP contribution is -2.05. The van der Waals surface area contributed by atoms with Gasteiger partial charge in [0.25, 0.3) is 0 Å². The van der Waals surface area contributed by atoms with Gasteiger partial charge in [-0.3, -0.25) is 4.79 Å². The largest absolute Gasteiger partial charge is 0.493 e. The van der Waals surface area contributed by atoms with E-state index in [-0.39, 0.29) is 5.78 Å². The first-order valence-electron chi connectivity index (χ1n) is 10.7. The molecule has 1 N–H and O–H groups in total. The van der Waals surface area contributed by atoms with E-state index in [1.807, 2.05) is 97.2 Å². The van der Waals surface area contributed by atoms with Gasteiger partial charge in [0.15, 0.2) is 5.78 Å². The molecule has 4 aromatic carbocycles. The zero-order valence-electron chi connectivity index (χ0n) is 17.6. The normalized spacial score (nSPS) is 11.0. The first-order valence-corrected chi connectivity index (χ1v) is 10.7. The third kappa shape index (κ3) is 4.35. The first-order chi connectivity index (χ1) is 15.8. The van der Waals surface area contributed by atoms with Crippen molar-refractivity contribution in [2.45, 2.75) is 6.42 Å². The Morgan fingerprint density at radius 1 is 0.656 bits per heavy atom. The number of aromatic nitrogens is 1. The van der Waals surface area contributed by atoms with E-state index < -0.39 is 0 Å². The maximum Gasteiger partial charge on any atom is 0.193 e. The number of nitrogens with one attached hydrogen (secondary N) is 1. The van der Waals surface area contributed by atoms with Gasteiger partial charge in [0, 0.05) is 35.3 Å². The number of carbonyl (C=O) groups excluding carboxylic acids is 1. The highest BCUT2D eigenvalue weighted by Crippen LogP contribution is 2.24. The second kappa shape index (κ2) is 8.98. The van der Waals surface area contributed by atoms with E-state index in [1.165, 1.54) is 5.39 Å². The second-order valence-electron chi connectivity index (χ2n) is 7.70. The number of benzene rings is 4. The Balaban J connectivity index is 1.16. The zero-order chi connectivity index (χ0) is 21.8. The quantitative estimate of drug-likeness (QED) is 0.233. The zero-order valence-corrected chi connectivity index (χ0v) is 17.6. The minimum Gasteiger partial charge on any atom is -0.493 e. The molecule has 0 bridgehead atoms. The summed E-state index contributed by atoms with van der Waals surface area (Å²) < 4.78 is 11.7. The minimum absolute atomic E-state index is 0.0308. The molecule has 0 spiro atoms. The summed E-state index contributed by atoms with van der Waals surface area (Å²) in [6, 6.07) is 29.1. The fourth-order valence-corrected chi connectivity index (χ4v) is 3.77. The van der Waals surface area contributed by atoms with Crippen molar-refractivity contribution >= 4 is 27.5 Å². The van der Waals surface area contributed by atoms with Crippen LogP contribution in [0.3, 0.4) is 0 Å². The smallest absolute Gasteiger partial charge is 0.193 e. The lowest BCUT2D eigenvalue weighted by Gasteiger charge is -2.09. The van der Waals surface area contributed by atoms with E-state index in [4.69, 9.17) is 9.47 Å². The minimum atomic E-state index is 0.0308. The highest BCUT2D eigenvalue weighted by atomic mass is 16.5. The molecule has 0 saturated heterocycles. The topological polar surface area (TPSA) is 51.3 Å². The van der Waals surface area contributed by atoms with E-state index in [2.05, 4.69) is 4.98 Å². The summed E-state index contributed by atoms with van der Waals surface area (Å²) in [5.74, 6) is 1.70. The molecule has 158 valence electrons. The Labute approximate surface area is 186 Å². The van der Waals surface area contributed by atoms with Crippen LogP contribution in [-0.2, 0) is 0 Å². The molecule has 1 heterocycles. The van der Waals surface area contributed by atoms with Crippen LogP contribution in [0.2, 0.25) is 0 Å². The summed E-state index contributed by atoms with van der Waals surface area (Å²) in [4.78, 5) is 15.9. The predicted molar refractivity (Wildman–Crippen MR) is 128 cm³/mol. The highest BCUT2D eigenvalue weighted by molar-refractivity contribution is 6.10. The Bertz CT molecular complexity index is 1370. The van der Waals surface area contributed by atoms with Gasteiger partial charge in [-0.15, -0.1) is 0 Å². The van der Waals surface area contributed by atoms with Gasteiger partial charge in [-0.05, 0) is 52.6 Å². The van der Waals surface area contributed by atoms with Crippen LogP contribution in [0.1, 0.15) is 22.3 Å². The van der Waals surface area contributed by atoms with Gasteiger partial charge in [-0.25, -0.2) is 0 Å². The molecule has 0 fully saturated rings. The number of fused-ring (bicyclic) bond motifs is 2. The number of hydrogen-bond donors (Lipinski definition) is 1. The van der Waals surface area contributed by atoms with Crippen LogP contribution in [0.4, 0.5) is 0 Å². The summed E-state index contributed by atoms with van der Waals surface area (Å²) >= 11 is 0. The maximum atomic E-state index is 12.7. The molecule has 0 amide bonds. The molecule has 4 nitrogen and oxygen atoms in total. The molecular weight excluding hydrogens is 398 g/mol. The Hall–Kier alpha value is -4.05. The van der Waals surface area contributed by atoms with Crippen molar-refractivity contribution < 1.29 is 14.3 Å². The van der Waals surface area contributed by atoms with Gasteiger partial charge >= 0.3 is 0 Å². The van der Waals surface area contributed by atoms with E-state index in [0.717, 1.165) is 34.2 Å². The molecule has 0 unspecified atom stereocenters. The van der Waals surface area contributed by atoms with Crippen LogP contribution in [0, 0.1) is 0 Å². The van der Waals surface area contributed by atoms with Gasteiger partial charge in [-0.1, -0.05) is 48.5 Å². The number of rotatable bonds is 8. The summed E-state index contributed by atoms with van der Waals surface area (Å²) in [7, 11) is 0. The van der Waals surface area contributed by atoms with Crippen molar-refractivity contribution in [3.8, 4) is 11.5 Å². The summed E-state index contributed by atoms with van der Waals surface area (Å²) in [6.45, 7) is 1.16. The maximum absolute atomic E-state index is 12.7. The number of ether oxygens (including phenoxy) is 2. The second-order valence-corrected chi connectivity index (χ2v) is 7.70. The van der Waals surface area contributed by atoms with E-state index in [0.29, 0.717) is 24.3 Å². The molecular formula is C28H23NO3. The van der Waals surface area contributed by atoms with E-state index >= 15 is 0 Å². The number of aromatic amines is 1. The van der Waals surface area contributed by atoms with Crippen LogP contribution < -0.4 is 9.47 Å². The molecule has 4 heteroatoms. The molecule has 0 aliphatic heterocycles. The van der Waals surface area contributed by atoms with E-state index in [1.54, 1.807) is 0 Å². The fraction of sp³-hybridized carbons (Fsp3) is 0.107. The molecule has 0 aliphatic carbocycles. The molecule has 0 atom stereocenters. The summed E-state index contributed by atoms with van der Waals surface area (Å²) in [5, 5.41) is 3.23. The van der Waals surface area contributed by atoms with Crippen molar-refractivity contribution in [3.05, 3.63) is 108 Å². The molecule has 5 rings (SSSR count). The highest BCUT2D eigenvalue weighted by Gasteiger charge is 2.09. The summed E-state index contributed by atoms with van der Waals surface area (Å²) in [6.07, 6.45) is 2.71. The van der Waals surface area contributed by atoms with Crippen LogP contribution in [0.15, 0.2) is 97.2 Å². The van der Waals surface area contributed by atoms with Crippen molar-refractivity contribution in [3.63, 3.8) is 0 Å². The molecule has 0 radical (unpaired) electrons. The lowest BCUT2D eigenvalue weighted by molar-refractivity contribution is 0.103. The van der Waals surface area contributed by atoms with Gasteiger partial charge in [0.1, 0.15) is 11.5 Å². The first kappa shape index (κ1) is 19.9. The van der Waals surface area contributed by atoms with E-state index in [9.17, 15) is 4.79 Å². The third-order valence-corrected chi connectivity index (χ3v) is 5.46. The third-order valence-electron chi connectivity index (χ3n) is 5.46. The SMILES string of the molecule is O=C(c1ccccc1)c1ccc2cc(OCCCOc3ccc4cc[nH]c4c3)ccc2c1. The predicted octanol–water partition coefficient (Wildman–Crippen LogP) is 6.40.